The Morgan fingerprint density at radius 2 is 1.89 bits per heavy atom. The van der Waals surface area contributed by atoms with E-state index in [1.54, 1.807) is 0 Å². The second-order valence-corrected chi connectivity index (χ2v) is 4.67. The fraction of sp³-hybridized carbons (Fsp3) is 0.500. The van der Waals surface area contributed by atoms with Crippen molar-refractivity contribution >= 4 is 6.08 Å². The van der Waals surface area contributed by atoms with E-state index in [0.717, 1.165) is 25.3 Å². The Morgan fingerprint density at radius 3 is 2.39 bits per heavy atom. The molecular weight excluding hydrogens is 222 g/mol. The second-order valence-electron chi connectivity index (χ2n) is 4.67. The molecule has 0 aliphatic heterocycles. The van der Waals surface area contributed by atoms with Crippen LogP contribution >= 0.6 is 0 Å². The Bertz CT molecular complexity index is 365. The highest BCUT2D eigenvalue weighted by molar-refractivity contribution is 5.54. The van der Waals surface area contributed by atoms with Crippen LogP contribution in [-0.4, -0.2) is 19.2 Å². The number of hydrogen-bond donors (Lipinski definition) is 1. The van der Waals surface area contributed by atoms with Gasteiger partial charge in [-0.2, -0.15) is 0 Å². The van der Waals surface area contributed by atoms with Gasteiger partial charge in [0.1, 0.15) is 5.75 Å². The third-order valence-corrected chi connectivity index (χ3v) is 2.68. The summed E-state index contributed by atoms with van der Waals surface area (Å²) in [5.41, 5.74) is 2.66. The molecule has 2 heteroatoms. The predicted molar refractivity (Wildman–Crippen MR) is 79.0 cm³/mol. The molecule has 100 valence electrons. The Kier molecular flexibility index (Phi) is 6.51. The third kappa shape index (κ3) is 5.37. The van der Waals surface area contributed by atoms with Crippen LogP contribution < -0.4 is 10.1 Å². The van der Waals surface area contributed by atoms with E-state index in [4.69, 9.17) is 4.74 Å². The van der Waals surface area contributed by atoms with E-state index in [0.29, 0.717) is 0 Å². The van der Waals surface area contributed by atoms with E-state index in [-0.39, 0.29) is 6.10 Å². The molecule has 0 fully saturated rings. The van der Waals surface area contributed by atoms with Gasteiger partial charge in [-0.15, -0.1) is 0 Å². The van der Waals surface area contributed by atoms with E-state index in [1.807, 2.05) is 26.0 Å². The zero-order valence-electron chi connectivity index (χ0n) is 12.0. The average molecular weight is 247 g/mol. The van der Waals surface area contributed by atoms with Crippen molar-refractivity contribution in [3.63, 3.8) is 0 Å². The first-order valence-electron chi connectivity index (χ1n) is 6.82. The van der Waals surface area contributed by atoms with Crippen LogP contribution in [0.3, 0.4) is 0 Å². The first-order chi connectivity index (χ1) is 8.65. The maximum Gasteiger partial charge on any atom is 0.119 e. The standard InChI is InChI=1S/C16H25NO/c1-5-14(12-17-6-2)11-15-7-9-16(10-8-15)18-13(3)4/h7-11,13,17H,5-6,12H2,1-4H3. The highest BCUT2D eigenvalue weighted by Crippen LogP contribution is 2.16. The van der Waals surface area contributed by atoms with Crippen LogP contribution in [0, 0.1) is 0 Å². The van der Waals surface area contributed by atoms with Gasteiger partial charge in [0, 0.05) is 6.54 Å². The number of likely N-dealkylation sites (N-methyl/N-ethyl adjacent to an activating group) is 1. The summed E-state index contributed by atoms with van der Waals surface area (Å²) in [5.74, 6) is 0.937. The number of nitrogens with one attached hydrogen (secondary N) is 1. The average Bonchev–Trinajstić information content (AvgIpc) is 2.36. The van der Waals surface area contributed by atoms with Gasteiger partial charge < -0.3 is 10.1 Å². The molecule has 0 aromatic heterocycles. The Morgan fingerprint density at radius 1 is 1.22 bits per heavy atom. The van der Waals surface area contributed by atoms with Gasteiger partial charge in [-0.3, -0.25) is 0 Å². The van der Waals surface area contributed by atoms with Gasteiger partial charge >= 0.3 is 0 Å². The van der Waals surface area contributed by atoms with Crippen molar-refractivity contribution in [2.24, 2.45) is 0 Å². The van der Waals surface area contributed by atoms with Crippen LogP contribution in [-0.2, 0) is 0 Å². The highest BCUT2D eigenvalue weighted by Gasteiger charge is 1.98. The molecule has 0 amide bonds. The van der Waals surface area contributed by atoms with Gasteiger partial charge in [0.25, 0.3) is 0 Å². The lowest BCUT2D eigenvalue weighted by molar-refractivity contribution is 0.242. The van der Waals surface area contributed by atoms with Crippen LogP contribution in [0.2, 0.25) is 0 Å². The van der Waals surface area contributed by atoms with Gasteiger partial charge in [0.2, 0.25) is 0 Å². The van der Waals surface area contributed by atoms with E-state index in [9.17, 15) is 0 Å². The van der Waals surface area contributed by atoms with Gasteiger partial charge in [-0.05, 0) is 44.5 Å². The maximum atomic E-state index is 5.63. The van der Waals surface area contributed by atoms with Crippen LogP contribution in [0.1, 0.15) is 39.7 Å². The molecule has 1 aromatic rings. The first kappa shape index (κ1) is 14.8. The Balaban J connectivity index is 2.68. The monoisotopic (exact) mass is 247 g/mol. The van der Waals surface area contributed by atoms with Gasteiger partial charge in [0.15, 0.2) is 0 Å². The van der Waals surface area contributed by atoms with Crippen molar-refractivity contribution in [3.8, 4) is 5.75 Å². The molecule has 0 heterocycles. The van der Waals surface area contributed by atoms with E-state index < -0.39 is 0 Å². The fourth-order valence-electron chi connectivity index (χ4n) is 1.71. The third-order valence-electron chi connectivity index (χ3n) is 2.68. The summed E-state index contributed by atoms with van der Waals surface area (Å²) >= 11 is 0. The minimum Gasteiger partial charge on any atom is -0.491 e. The molecule has 0 aliphatic rings. The Hall–Kier alpha value is -1.28. The minimum absolute atomic E-state index is 0.228. The van der Waals surface area contributed by atoms with Crippen molar-refractivity contribution in [1.29, 1.82) is 0 Å². The zero-order chi connectivity index (χ0) is 13.4. The molecule has 0 saturated heterocycles. The molecular formula is C16H25NO. The quantitative estimate of drug-likeness (QED) is 0.789. The van der Waals surface area contributed by atoms with E-state index in [2.05, 4.69) is 37.4 Å². The molecule has 18 heavy (non-hydrogen) atoms. The van der Waals surface area contributed by atoms with Crippen molar-refractivity contribution in [3.05, 3.63) is 35.4 Å². The normalized spacial score (nSPS) is 11.9. The SMILES string of the molecule is CCNCC(=Cc1ccc(OC(C)C)cc1)CC. The summed E-state index contributed by atoms with van der Waals surface area (Å²) in [6.07, 6.45) is 3.56. The van der Waals surface area contributed by atoms with E-state index >= 15 is 0 Å². The molecule has 0 atom stereocenters. The van der Waals surface area contributed by atoms with Crippen molar-refractivity contribution in [2.75, 3.05) is 13.1 Å². The topological polar surface area (TPSA) is 21.3 Å². The summed E-state index contributed by atoms with van der Waals surface area (Å²) in [7, 11) is 0. The summed E-state index contributed by atoms with van der Waals surface area (Å²) < 4.78 is 5.63. The summed E-state index contributed by atoms with van der Waals surface area (Å²) in [6.45, 7) is 10.4. The van der Waals surface area contributed by atoms with Crippen molar-refractivity contribution in [2.45, 2.75) is 40.2 Å². The van der Waals surface area contributed by atoms with Gasteiger partial charge in [-0.1, -0.05) is 37.6 Å². The molecule has 1 aromatic carbocycles. The zero-order valence-corrected chi connectivity index (χ0v) is 12.0. The lowest BCUT2D eigenvalue weighted by atomic mass is 10.1. The number of ether oxygens (including phenoxy) is 1. The van der Waals surface area contributed by atoms with Crippen molar-refractivity contribution < 1.29 is 4.74 Å². The molecule has 0 spiro atoms. The molecule has 1 N–H and O–H groups in total. The molecule has 0 radical (unpaired) electrons. The summed E-state index contributed by atoms with van der Waals surface area (Å²) in [6, 6.07) is 8.29. The fourth-order valence-corrected chi connectivity index (χ4v) is 1.71. The highest BCUT2D eigenvalue weighted by atomic mass is 16.5. The van der Waals surface area contributed by atoms with Crippen LogP contribution in [0.25, 0.3) is 6.08 Å². The largest absolute Gasteiger partial charge is 0.491 e. The van der Waals surface area contributed by atoms with Crippen molar-refractivity contribution in [1.82, 2.24) is 5.32 Å². The van der Waals surface area contributed by atoms with Crippen LogP contribution in [0.15, 0.2) is 29.8 Å². The summed E-state index contributed by atoms with van der Waals surface area (Å²) in [4.78, 5) is 0. The number of hydrogen-bond acceptors (Lipinski definition) is 2. The van der Waals surface area contributed by atoms with Crippen LogP contribution in [0.5, 0.6) is 5.75 Å². The lowest BCUT2D eigenvalue weighted by Gasteiger charge is -2.10. The predicted octanol–water partition coefficient (Wildman–Crippen LogP) is 3.88. The second kappa shape index (κ2) is 7.93. The smallest absolute Gasteiger partial charge is 0.119 e. The van der Waals surface area contributed by atoms with E-state index in [1.165, 1.54) is 11.1 Å². The van der Waals surface area contributed by atoms with Gasteiger partial charge in [0.05, 0.1) is 6.10 Å². The first-order valence-corrected chi connectivity index (χ1v) is 6.82. The molecule has 1 rings (SSSR count). The molecule has 0 saturated carbocycles. The molecule has 0 aliphatic carbocycles. The number of benzene rings is 1. The van der Waals surface area contributed by atoms with Gasteiger partial charge in [-0.25, -0.2) is 0 Å². The Labute approximate surface area is 111 Å². The molecule has 0 unspecified atom stereocenters. The molecule has 2 nitrogen and oxygen atoms in total. The van der Waals surface area contributed by atoms with Crippen LogP contribution in [0.4, 0.5) is 0 Å². The minimum atomic E-state index is 0.228. The summed E-state index contributed by atoms with van der Waals surface area (Å²) in [5, 5.41) is 3.36. The maximum absolute atomic E-state index is 5.63. The molecule has 0 bridgehead atoms. The number of rotatable bonds is 7. The lowest BCUT2D eigenvalue weighted by Crippen LogP contribution is -2.15.